The molecule has 2 N–H and O–H groups in total. The molecular weight excluding hydrogens is 298 g/mol. The average molecular weight is 314 g/mol. The number of fused-ring (bicyclic) bond motifs is 1. The van der Waals surface area contributed by atoms with Crippen molar-refractivity contribution in [2.24, 2.45) is 5.73 Å². The predicted octanol–water partition coefficient (Wildman–Crippen LogP) is 2.31. The number of carbonyl (C=O) groups is 1. The molecule has 0 bridgehead atoms. The van der Waals surface area contributed by atoms with E-state index in [2.05, 4.69) is 15.9 Å². The van der Waals surface area contributed by atoms with Gasteiger partial charge in [0.2, 0.25) is 0 Å². The number of Topliss-reactive ketones (excluding diaryl/α,β-unsaturated/α-hetero) is 1. The maximum absolute atomic E-state index is 12.1. The van der Waals surface area contributed by atoms with Gasteiger partial charge in [-0.15, -0.1) is 0 Å². The maximum Gasteiger partial charge on any atom is 0.175 e. The Morgan fingerprint density at radius 2 is 2.06 bits per heavy atom. The minimum Gasteiger partial charge on any atom is -0.486 e. The van der Waals surface area contributed by atoms with Crippen LogP contribution in [0.5, 0.6) is 11.5 Å². The van der Waals surface area contributed by atoms with Crippen LogP contribution in [0.25, 0.3) is 0 Å². The molecule has 0 aromatic heterocycles. The SMILES string of the molecule is CCc1c(C(=O)CCN)cc(Br)c2c1OCCO2. The minimum atomic E-state index is 0.0482. The van der Waals surface area contributed by atoms with Crippen LogP contribution < -0.4 is 15.2 Å². The first-order chi connectivity index (χ1) is 8.69. The molecule has 0 spiro atoms. The number of ether oxygens (including phenoxy) is 2. The molecule has 0 aliphatic carbocycles. The van der Waals surface area contributed by atoms with Crippen LogP contribution in [0, 0.1) is 0 Å². The molecule has 4 nitrogen and oxygen atoms in total. The summed E-state index contributed by atoms with van der Waals surface area (Å²) in [5.74, 6) is 1.44. The largest absolute Gasteiger partial charge is 0.486 e. The minimum absolute atomic E-state index is 0.0482. The van der Waals surface area contributed by atoms with E-state index in [9.17, 15) is 4.79 Å². The molecule has 18 heavy (non-hydrogen) atoms. The van der Waals surface area contributed by atoms with Gasteiger partial charge in [-0.3, -0.25) is 4.79 Å². The summed E-state index contributed by atoms with van der Waals surface area (Å²) in [6, 6.07) is 1.81. The van der Waals surface area contributed by atoms with Crippen molar-refractivity contribution in [3.63, 3.8) is 0 Å². The molecule has 0 amide bonds. The van der Waals surface area contributed by atoms with Crippen molar-refractivity contribution < 1.29 is 14.3 Å². The third-order valence-electron chi connectivity index (χ3n) is 2.89. The van der Waals surface area contributed by atoms with Gasteiger partial charge in [0, 0.05) is 17.5 Å². The first-order valence-corrected chi connectivity index (χ1v) is 6.82. The molecule has 0 saturated heterocycles. The van der Waals surface area contributed by atoms with Gasteiger partial charge in [-0.2, -0.15) is 0 Å². The number of hydrogen-bond donors (Lipinski definition) is 1. The van der Waals surface area contributed by atoms with E-state index >= 15 is 0 Å². The van der Waals surface area contributed by atoms with Gasteiger partial charge in [0.15, 0.2) is 17.3 Å². The number of carbonyl (C=O) groups excluding carboxylic acids is 1. The zero-order valence-electron chi connectivity index (χ0n) is 10.3. The zero-order chi connectivity index (χ0) is 13.1. The van der Waals surface area contributed by atoms with Crippen LogP contribution in [0.3, 0.4) is 0 Å². The van der Waals surface area contributed by atoms with Crippen LogP contribution in [-0.4, -0.2) is 25.5 Å². The lowest BCUT2D eigenvalue weighted by atomic mass is 9.98. The van der Waals surface area contributed by atoms with E-state index in [1.807, 2.05) is 13.0 Å². The van der Waals surface area contributed by atoms with Gasteiger partial charge in [-0.1, -0.05) is 6.92 Å². The monoisotopic (exact) mass is 313 g/mol. The van der Waals surface area contributed by atoms with Crippen molar-refractivity contribution in [3.05, 3.63) is 21.7 Å². The lowest BCUT2D eigenvalue weighted by Crippen LogP contribution is -2.19. The number of nitrogens with two attached hydrogens (primary N) is 1. The van der Waals surface area contributed by atoms with Crippen LogP contribution in [0.4, 0.5) is 0 Å². The van der Waals surface area contributed by atoms with Gasteiger partial charge in [-0.05, 0) is 35.0 Å². The second kappa shape index (κ2) is 5.71. The van der Waals surface area contributed by atoms with Gasteiger partial charge >= 0.3 is 0 Å². The summed E-state index contributed by atoms with van der Waals surface area (Å²) in [5.41, 5.74) is 7.03. The van der Waals surface area contributed by atoms with E-state index in [1.54, 1.807) is 0 Å². The highest BCUT2D eigenvalue weighted by Crippen LogP contribution is 2.42. The summed E-state index contributed by atoms with van der Waals surface area (Å²) < 4.78 is 12.0. The Kier molecular flexibility index (Phi) is 4.24. The molecule has 0 radical (unpaired) electrons. The molecule has 0 atom stereocenters. The first kappa shape index (κ1) is 13.4. The molecule has 1 aromatic rings. The Morgan fingerprint density at radius 3 is 2.67 bits per heavy atom. The van der Waals surface area contributed by atoms with Crippen molar-refractivity contribution in [1.29, 1.82) is 0 Å². The van der Waals surface area contributed by atoms with Crippen molar-refractivity contribution in [2.75, 3.05) is 19.8 Å². The van der Waals surface area contributed by atoms with Gasteiger partial charge in [0.25, 0.3) is 0 Å². The van der Waals surface area contributed by atoms with E-state index in [1.165, 1.54) is 0 Å². The highest BCUT2D eigenvalue weighted by atomic mass is 79.9. The van der Waals surface area contributed by atoms with Crippen LogP contribution in [0.15, 0.2) is 10.5 Å². The van der Waals surface area contributed by atoms with Gasteiger partial charge in [0.1, 0.15) is 13.2 Å². The van der Waals surface area contributed by atoms with Crippen LogP contribution in [-0.2, 0) is 6.42 Å². The van der Waals surface area contributed by atoms with Crippen molar-refractivity contribution in [1.82, 2.24) is 0 Å². The summed E-state index contributed by atoms with van der Waals surface area (Å²) in [5, 5.41) is 0. The number of benzene rings is 1. The van der Waals surface area contributed by atoms with Gasteiger partial charge < -0.3 is 15.2 Å². The molecule has 5 heteroatoms. The average Bonchev–Trinajstić information content (AvgIpc) is 2.39. The van der Waals surface area contributed by atoms with Crippen molar-refractivity contribution in [3.8, 4) is 11.5 Å². The smallest absolute Gasteiger partial charge is 0.175 e. The number of ketones is 1. The highest BCUT2D eigenvalue weighted by molar-refractivity contribution is 9.10. The molecule has 0 fully saturated rings. The van der Waals surface area contributed by atoms with E-state index in [0.29, 0.717) is 43.2 Å². The van der Waals surface area contributed by atoms with Gasteiger partial charge in [0.05, 0.1) is 4.47 Å². The topological polar surface area (TPSA) is 61.6 Å². The lowest BCUT2D eigenvalue weighted by molar-refractivity contribution is 0.0983. The summed E-state index contributed by atoms with van der Waals surface area (Å²) in [6.45, 7) is 3.40. The fraction of sp³-hybridized carbons (Fsp3) is 0.462. The molecule has 1 heterocycles. The van der Waals surface area contributed by atoms with E-state index < -0.39 is 0 Å². The normalized spacial score (nSPS) is 13.5. The lowest BCUT2D eigenvalue weighted by Gasteiger charge is -2.23. The summed E-state index contributed by atoms with van der Waals surface area (Å²) in [6.07, 6.45) is 1.07. The quantitative estimate of drug-likeness (QED) is 0.867. The van der Waals surface area contributed by atoms with Gasteiger partial charge in [-0.25, -0.2) is 0 Å². The molecule has 0 unspecified atom stereocenters. The number of hydrogen-bond acceptors (Lipinski definition) is 4. The molecule has 98 valence electrons. The zero-order valence-corrected chi connectivity index (χ0v) is 11.9. The summed E-state index contributed by atoms with van der Waals surface area (Å²) in [4.78, 5) is 12.1. The van der Waals surface area contributed by atoms with Crippen molar-refractivity contribution in [2.45, 2.75) is 19.8 Å². The van der Waals surface area contributed by atoms with E-state index in [4.69, 9.17) is 15.2 Å². The molecule has 0 saturated carbocycles. The molecular formula is C13H16BrNO3. The second-order valence-electron chi connectivity index (χ2n) is 4.06. The predicted molar refractivity (Wildman–Crippen MR) is 72.5 cm³/mol. The Morgan fingerprint density at radius 1 is 1.39 bits per heavy atom. The highest BCUT2D eigenvalue weighted by Gasteiger charge is 2.24. The third kappa shape index (κ3) is 2.37. The van der Waals surface area contributed by atoms with E-state index in [0.717, 1.165) is 16.5 Å². The van der Waals surface area contributed by atoms with E-state index in [-0.39, 0.29) is 5.78 Å². The van der Waals surface area contributed by atoms with Crippen LogP contribution in [0.1, 0.15) is 29.3 Å². The number of halogens is 1. The summed E-state index contributed by atoms with van der Waals surface area (Å²) >= 11 is 3.43. The fourth-order valence-corrected chi connectivity index (χ4v) is 2.61. The van der Waals surface area contributed by atoms with Crippen LogP contribution in [0.2, 0.25) is 0 Å². The van der Waals surface area contributed by atoms with Crippen molar-refractivity contribution >= 4 is 21.7 Å². The Labute approximate surface area is 115 Å². The first-order valence-electron chi connectivity index (χ1n) is 6.03. The number of rotatable bonds is 4. The molecule has 2 rings (SSSR count). The maximum atomic E-state index is 12.1. The Balaban J connectivity index is 2.53. The summed E-state index contributed by atoms with van der Waals surface area (Å²) in [7, 11) is 0. The molecule has 1 aliphatic heterocycles. The molecule has 1 aliphatic rings. The Hall–Kier alpha value is -1.07. The van der Waals surface area contributed by atoms with Crippen LogP contribution >= 0.6 is 15.9 Å². The second-order valence-corrected chi connectivity index (χ2v) is 4.91. The fourth-order valence-electron chi connectivity index (χ4n) is 2.09. The molecule has 1 aromatic carbocycles. The third-order valence-corrected chi connectivity index (χ3v) is 3.48. The Bertz CT molecular complexity index is 474. The standard InChI is InChI=1S/C13H16BrNO3/c1-2-8-9(11(16)3-4-15)7-10(14)13-12(8)17-5-6-18-13/h7H,2-6,15H2,1H3.